The lowest BCUT2D eigenvalue weighted by molar-refractivity contribution is 0.195. The summed E-state index contributed by atoms with van der Waals surface area (Å²) in [6.45, 7) is 1.81. The molecular formula is C11H17NO. The van der Waals surface area contributed by atoms with Crippen LogP contribution in [0.2, 0.25) is 0 Å². The second kappa shape index (κ2) is 4.28. The van der Waals surface area contributed by atoms with Gasteiger partial charge in [-0.1, -0.05) is 12.1 Å². The van der Waals surface area contributed by atoms with Crippen LogP contribution in [0.5, 0.6) is 0 Å². The van der Waals surface area contributed by atoms with Gasteiger partial charge < -0.3 is 10.0 Å². The van der Waals surface area contributed by atoms with Gasteiger partial charge in [0.25, 0.3) is 0 Å². The number of anilines is 1. The van der Waals surface area contributed by atoms with Gasteiger partial charge in [-0.15, -0.1) is 0 Å². The highest BCUT2D eigenvalue weighted by molar-refractivity contribution is 5.46. The normalized spacial score (nSPS) is 12.6. The summed E-state index contributed by atoms with van der Waals surface area (Å²) >= 11 is 0. The molecule has 0 aliphatic heterocycles. The summed E-state index contributed by atoms with van der Waals surface area (Å²) in [5.41, 5.74) is 2.37. The monoisotopic (exact) mass is 179 g/mol. The van der Waals surface area contributed by atoms with Crippen LogP contribution in [0, 0.1) is 0 Å². The van der Waals surface area contributed by atoms with Crippen LogP contribution in [0.25, 0.3) is 0 Å². The van der Waals surface area contributed by atoms with E-state index in [4.69, 9.17) is 0 Å². The number of rotatable bonds is 3. The summed E-state index contributed by atoms with van der Waals surface area (Å²) in [7, 11) is 4.04. The van der Waals surface area contributed by atoms with E-state index in [1.165, 1.54) is 11.3 Å². The zero-order valence-electron chi connectivity index (χ0n) is 8.49. The first-order valence-corrected chi connectivity index (χ1v) is 4.54. The zero-order chi connectivity index (χ0) is 9.84. The molecule has 0 spiro atoms. The van der Waals surface area contributed by atoms with Crippen LogP contribution >= 0.6 is 0 Å². The van der Waals surface area contributed by atoms with Gasteiger partial charge in [-0.05, 0) is 31.0 Å². The molecule has 0 saturated heterocycles. The summed E-state index contributed by atoms with van der Waals surface area (Å²) in [5.74, 6) is 0. The van der Waals surface area contributed by atoms with Crippen molar-refractivity contribution in [3.63, 3.8) is 0 Å². The van der Waals surface area contributed by atoms with E-state index < -0.39 is 0 Å². The lowest BCUT2D eigenvalue weighted by Crippen LogP contribution is -2.09. The summed E-state index contributed by atoms with van der Waals surface area (Å²) in [6, 6.07) is 8.25. The minimum atomic E-state index is -0.259. The van der Waals surface area contributed by atoms with Crippen molar-refractivity contribution in [2.24, 2.45) is 0 Å². The fourth-order valence-corrected chi connectivity index (χ4v) is 1.27. The van der Waals surface area contributed by atoms with Crippen molar-refractivity contribution in [1.82, 2.24) is 0 Å². The Morgan fingerprint density at radius 1 is 1.23 bits per heavy atom. The van der Waals surface area contributed by atoms with Gasteiger partial charge in [0.2, 0.25) is 0 Å². The number of aliphatic hydroxyl groups excluding tert-OH is 1. The average molecular weight is 179 g/mol. The molecule has 0 saturated carbocycles. The highest BCUT2D eigenvalue weighted by atomic mass is 16.3. The maximum atomic E-state index is 9.17. The lowest BCUT2D eigenvalue weighted by atomic mass is 10.1. The Bertz CT molecular complexity index is 251. The number of hydrogen-bond donors (Lipinski definition) is 1. The Labute approximate surface area is 79.8 Å². The van der Waals surface area contributed by atoms with Crippen molar-refractivity contribution in [2.45, 2.75) is 19.4 Å². The SMILES string of the molecule is C[C@H](O)Cc1ccc(N(C)C)cc1. The van der Waals surface area contributed by atoms with Crippen LogP contribution in [-0.2, 0) is 6.42 Å². The molecule has 2 heteroatoms. The maximum absolute atomic E-state index is 9.17. The van der Waals surface area contributed by atoms with E-state index in [0.29, 0.717) is 0 Å². The van der Waals surface area contributed by atoms with E-state index in [-0.39, 0.29) is 6.10 Å². The molecule has 0 heterocycles. The van der Waals surface area contributed by atoms with E-state index in [1.807, 2.05) is 14.1 Å². The molecule has 0 aromatic heterocycles. The molecule has 13 heavy (non-hydrogen) atoms. The number of nitrogens with zero attached hydrogens (tertiary/aromatic N) is 1. The Morgan fingerprint density at radius 3 is 2.15 bits per heavy atom. The molecular weight excluding hydrogens is 162 g/mol. The third-order valence-corrected chi connectivity index (χ3v) is 1.98. The zero-order valence-corrected chi connectivity index (χ0v) is 8.49. The van der Waals surface area contributed by atoms with Crippen molar-refractivity contribution >= 4 is 5.69 Å². The Hall–Kier alpha value is -1.02. The fourth-order valence-electron chi connectivity index (χ4n) is 1.27. The number of aliphatic hydroxyl groups is 1. The lowest BCUT2D eigenvalue weighted by Gasteiger charge is -2.13. The van der Waals surface area contributed by atoms with Gasteiger partial charge in [0.1, 0.15) is 0 Å². The largest absolute Gasteiger partial charge is 0.393 e. The van der Waals surface area contributed by atoms with E-state index in [1.54, 1.807) is 6.92 Å². The summed E-state index contributed by atoms with van der Waals surface area (Å²) in [6.07, 6.45) is 0.471. The smallest absolute Gasteiger partial charge is 0.0552 e. The summed E-state index contributed by atoms with van der Waals surface area (Å²) in [4.78, 5) is 2.06. The molecule has 0 radical (unpaired) electrons. The third-order valence-electron chi connectivity index (χ3n) is 1.98. The topological polar surface area (TPSA) is 23.5 Å². The molecule has 0 bridgehead atoms. The number of benzene rings is 1. The van der Waals surface area contributed by atoms with E-state index in [9.17, 15) is 5.11 Å². The van der Waals surface area contributed by atoms with Gasteiger partial charge in [0, 0.05) is 19.8 Å². The molecule has 0 unspecified atom stereocenters. The quantitative estimate of drug-likeness (QED) is 0.763. The van der Waals surface area contributed by atoms with Gasteiger partial charge in [-0.25, -0.2) is 0 Å². The molecule has 1 aromatic carbocycles. The minimum absolute atomic E-state index is 0.259. The van der Waals surface area contributed by atoms with E-state index >= 15 is 0 Å². The van der Waals surface area contributed by atoms with Crippen LogP contribution in [0.4, 0.5) is 5.69 Å². The average Bonchev–Trinajstić information content (AvgIpc) is 2.04. The van der Waals surface area contributed by atoms with Crippen LogP contribution < -0.4 is 4.90 Å². The Kier molecular flexibility index (Phi) is 3.32. The van der Waals surface area contributed by atoms with Crippen molar-refractivity contribution in [3.05, 3.63) is 29.8 Å². The van der Waals surface area contributed by atoms with Gasteiger partial charge in [-0.3, -0.25) is 0 Å². The molecule has 1 atom stereocenters. The molecule has 0 amide bonds. The van der Waals surface area contributed by atoms with E-state index in [2.05, 4.69) is 29.2 Å². The van der Waals surface area contributed by atoms with E-state index in [0.717, 1.165) is 6.42 Å². The molecule has 72 valence electrons. The van der Waals surface area contributed by atoms with Gasteiger partial charge in [-0.2, -0.15) is 0 Å². The molecule has 1 aromatic rings. The second-order valence-corrected chi connectivity index (χ2v) is 3.61. The predicted octanol–water partition coefficient (Wildman–Crippen LogP) is 1.68. The minimum Gasteiger partial charge on any atom is -0.393 e. The predicted molar refractivity (Wildman–Crippen MR) is 56.2 cm³/mol. The first-order valence-electron chi connectivity index (χ1n) is 4.54. The first kappa shape index (κ1) is 10.1. The first-order chi connectivity index (χ1) is 6.09. The molecule has 2 nitrogen and oxygen atoms in total. The molecule has 1 rings (SSSR count). The molecule has 0 aliphatic carbocycles. The van der Waals surface area contributed by atoms with Crippen molar-refractivity contribution in [2.75, 3.05) is 19.0 Å². The third kappa shape index (κ3) is 3.07. The Balaban J connectivity index is 2.70. The fraction of sp³-hybridized carbons (Fsp3) is 0.455. The van der Waals surface area contributed by atoms with Crippen molar-refractivity contribution in [3.8, 4) is 0 Å². The van der Waals surface area contributed by atoms with Crippen LogP contribution in [0.15, 0.2) is 24.3 Å². The standard InChI is InChI=1S/C11H17NO/c1-9(13)8-10-4-6-11(7-5-10)12(2)3/h4-7,9,13H,8H2,1-3H3/t9-/m0/s1. The number of hydrogen-bond acceptors (Lipinski definition) is 2. The van der Waals surface area contributed by atoms with Crippen LogP contribution in [0.1, 0.15) is 12.5 Å². The van der Waals surface area contributed by atoms with Crippen molar-refractivity contribution < 1.29 is 5.11 Å². The molecule has 1 N–H and O–H groups in total. The highest BCUT2D eigenvalue weighted by Gasteiger charge is 1.99. The summed E-state index contributed by atoms with van der Waals surface area (Å²) < 4.78 is 0. The molecule has 0 fully saturated rings. The highest BCUT2D eigenvalue weighted by Crippen LogP contribution is 2.13. The van der Waals surface area contributed by atoms with Gasteiger partial charge in [0.05, 0.1) is 6.10 Å². The maximum Gasteiger partial charge on any atom is 0.0552 e. The van der Waals surface area contributed by atoms with Crippen molar-refractivity contribution in [1.29, 1.82) is 0 Å². The van der Waals surface area contributed by atoms with Crippen LogP contribution in [0.3, 0.4) is 0 Å². The summed E-state index contributed by atoms with van der Waals surface area (Å²) in [5, 5.41) is 9.17. The Morgan fingerprint density at radius 2 is 1.77 bits per heavy atom. The van der Waals surface area contributed by atoms with Gasteiger partial charge in [0.15, 0.2) is 0 Å². The second-order valence-electron chi connectivity index (χ2n) is 3.61. The van der Waals surface area contributed by atoms with Gasteiger partial charge >= 0.3 is 0 Å². The van der Waals surface area contributed by atoms with Crippen LogP contribution in [-0.4, -0.2) is 25.3 Å². The molecule has 0 aliphatic rings.